The molecule has 1 aliphatic rings. The normalized spacial score (nSPS) is 16.2. The minimum absolute atomic E-state index is 0.155. The second-order valence-electron chi connectivity index (χ2n) is 5.28. The molecule has 1 fully saturated rings. The van der Waals surface area contributed by atoms with Crippen molar-refractivity contribution in [3.63, 3.8) is 0 Å². The summed E-state index contributed by atoms with van der Waals surface area (Å²) in [7, 11) is -3.83. The molecule has 1 saturated heterocycles. The Balaban J connectivity index is 2.09. The van der Waals surface area contributed by atoms with Crippen LogP contribution in [0.15, 0.2) is 63.9 Å². The third-order valence-electron chi connectivity index (χ3n) is 3.67. The second-order valence-corrected chi connectivity index (χ2v) is 7.29. The van der Waals surface area contributed by atoms with Crippen LogP contribution in [0.3, 0.4) is 0 Å². The Morgan fingerprint density at radius 1 is 1.00 bits per heavy atom. The maximum atomic E-state index is 12.7. The van der Waals surface area contributed by atoms with Crippen molar-refractivity contribution < 1.29 is 13.2 Å². The lowest BCUT2D eigenvalue weighted by molar-refractivity contribution is 0.0684. The molecule has 0 spiro atoms. The zero-order chi connectivity index (χ0) is 17.0. The van der Waals surface area contributed by atoms with Gasteiger partial charge in [0.1, 0.15) is 0 Å². The van der Waals surface area contributed by atoms with E-state index in [0.29, 0.717) is 42.7 Å². The molecule has 24 heavy (non-hydrogen) atoms. The largest absolute Gasteiger partial charge is 0.378 e. The zero-order valence-electron chi connectivity index (χ0n) is 12.9. The zero-order valence-corrected chi connectivity index (χ0v) is 14.5. The van der Waals surface area contributed by atoms with Gasteiger partial charge in [0, 0.05) is 18.7 Å². The van der Waals surface area contributed by atoms with Crippen molar-refractivity contribution in [1.29, 1.82) is 0 Å². The molecule has 0 aliphatic carbocycles. The number of amidine groups is 1. The van der Waals surface area contributed by atoms with Crippen molar-refractivity contribution in [3.05, 3.63) is 65.2 Å². The molecule has 0 N–H and O–H groups in total. The molecule has 1 aliphatic heterocycles. The van der Waals surface area contributed by atoms with E-state index in [2.05, 4.69) is 4.40 Å². The number of sulfonamides is 1. The molecule has 3 rings (SSSR count). The van der Waals surface area contributed by atoms with Crippen LogP contribution in [0.4, 0.5) is 0 Å². The van der Waals surface area contributed by atoms with Gasteiger partial charge >= 0.3 is 0 Å². The number of benzene rings is 2. The van der Waals surface area contributed by atoms with Gasteiger partial charge in [-0.05, 0) is 24.3 Å². The quantitative estimate of drug-likeness (QED) is 0.620. The summed E-state index contributed by atoms with van der Waals surface area (Å²) in [6.45, 7) is 2.17. The molecule has 0 unspecified atom stereocenters. The number of hydrogen-bond donors (Lipinski definition) is 0. The lowest BCUT2D eigenvalue weighted by Gasteiger charge is -2.30. The van der Waals surface area contributed by atoms with E-state index in [1.807, 2.05) is 11.0 Å². The molecule has 2 aromatic rings. The Hall–Kier alpha value is -1.89. The highest BCUT2D eigenvalue weighted by atomic mass is 35.5. The van der Waals surface area contributed by atoms with E-state index < -0.39 is 10.0 Å². The van der Waals surface area contributed by atoms with Crippen LogP contribution in [0.2, 0.25) is 5.02 Å². The molecular formula is C17H17ClN2O3S. The standard InChI is InChI=1S/C17H17ClN2O3S/c18-16-9-5-4-8-15(16)17(20-10-12-23-13-11-20)19-24(21,22)14-6-2-1-3-7-14/h1-9H,10-13H2. The van der Waals surface area contributed by atoms with Gasteiger partial charge in [0.05, 0.1) is 23.1 Å². The summed E-state index contributed by atoms with van der Waals surface area (Å²) in [4.78, 5) is 2.05. The van der Waals surface area contributed by atoms with Gasteiger partial charge in [0.25, 0.3) is 10.0 Å². The lowest BCUT2D eigenvalue weighted by Crippen LogP contribution is -2.41. The molecule has 0 saturated carbocycles. The molecular weight excluding hydrogens is 348 g/mol. The smallest absolute Gasteiger partial charge is 0.284 e. The third kappa shape index (κ3) is 3.77. The van der Waals surface area contributed by atoms with Crippen LogP contribution < -0.4 is 0 Å². The van der Waals surface area contributed by atoms with Crippen molar-refractivity contribution >= 4 is 27.5 Å². The Morgan fingerprint density at radius 2 is 1.62 bits per heavy atom. The van der Waals surface area contributed by atoms with E-state index in [1.165, 1.54) is 12.1 Å². The first-order valence-electron chi connectivity index (χ1n) is 7.55. The van der Waals surface area contributed by atoms with E-state index in [4.69, 9.17) is 16.3 Å². The fraction of sp³-hybridized carbons (Fsp3) is 0.235. The Kier molecular flexibility index (Phi) is 5.18. The summed E-state index contributed by atoms with van der Waals surface area (Å²) in [6.07, 6.45) is 0. The van der Waals surface area contributed by atoms with Gasteiger partial charge < -0.3 is 9.64 Å². The minimum atomic E-state index is -3.83. The number of rotatable bonds is 3. The molecule has 0 aromatic heterocycles. The summed E-state index contributed by atoms with van der Waals surface area (Å²) < 4.78 is 34.8. The number of morpholine rings is 1. The molecule has 7 heteroatoms. The van der Waals surface area contributed by atoms with Crippen LogP contribution >= 0.6 is 11.6 Å². The van der Waals surface area contributed by atoms with E-state index in [9.17, 15) is 8.42 Å². The van der Waals surface area contributed by atoms with Gasteiger partial charge in [-0.15, -0.1) is 4.40 Å². The summed E-state index contributed by atoms with van der Waals surface area (Å²) in [6, 6.07) is 15.3. The first-order chi connectivity index (χ1) is 11.6. The highest BCUT2D eigenvalue weighted by Crippen LogP contribution is 2.21. The molecule has 0 bridgehead atoms. The van der Waals surface area contributed by atoms with Crippen LogP contribution in [-0.2, 0) is 14.8 Å². The van der Waals surface area contributed by atoms with Gasteiger partial charge in [-0.1, -0.05) is 41.9 Å². The average molecular weight is 365 g/mol. The summed E-state index contributed by atoms with van der Waals surface area (Å²) in [5.74, 6) is 0.354. The van der Waals surface area contributed by atoms with Crippen molar-refractivity contribution in [1.82, 2.24) is 4.90 Å². The number of ether oxygens (including phenoxy) is 1. The molecule has 1 heterocycles. The van der Waals surface area contributed by atoms with Crippen molar-refractivity contribution in [2.45, 2.75) is 4.90 Å². The van der Waals surface area contributed by atoms with Gasteiger partial charge in [0.15, 0.2) is 5.84 Å². The van der Waals surface area contributed by atoms with Gasteiger partial charge in [-0.3, -0.25) is 0 Å². The average Bonchev–Trinajstić information content (AvgIpc) is 2.62. The Morgan fingerprint density at radius 3 is 2.29 bits per heavy atom. The fourth-order valence-electron chi connectivity index (χ4n) is 2.45. The molecule has 0 radical (unpaired) electrons. The van der Waals surface area contributed by atoms with Gasteiger partial charge in [-0.25, -0.2) is 0 Å². The molecule has 0 atom stereocenters. The Bertz CT molecular complexity index is 832. The summed E-state index contributed by atoms with van der Waals surface area (Å²) in [5.41, 5.74) is 0.598. The van der Waals surface area contributed by atoms with Crippen molar-refractivity contribution in [3.8, 4) is 0 Å². The van der Waals surface area contributed by atoms with Crippen LogP contribution in [-0.4, -0.2) is 45.5 Å². The van der Waals surface area contributed by atoms with E-state index in [1.54, 1.807) is 36.4 Å². The lowest BCUT2D eigenvalue weighted by atomic mass is 10.2. The van der Waals surface area contributed by atoms with Crippen molar-refractivity contribution in [2.75, 3.05) is 26.3 Å². The van der Waals surface area contributed by atoms with Crippen molar-refractivity contribution in [2.24, 2.45) is 4.40 Å². The summed E-state index contributed by atoms with van der Waals surface area (Å²) >= 11 is 6.28. The monoisotopic (exact) mass is 364 g/mol. The van der Waals surface area contributed by atoms with Gasteiger partial charge in [-0.2, -0.15) is 8.42 Å². The highest BCUT2D eigenvalue weighted by molar-refractivity contribution is 7.90. The molecule has 126 valence electrons. The predicted octanol–water partition coefficient (Wildman–Crippen LogP) is 2.81. The van der Waals surface area contributed by atoms with Crippen LogP contribution in [0.5, 0.6) is 0 Å². The highest BCUT2D eigenvalue weighted by Gasteiger charge is 2.23. The number of hydrogen-bond acceptors (Lipinski definition) is 3. The fourth-order valence-corrected chi connectivity index (χ4v) is 3.72. The molecule has 2 aromatic carbocycles. The van der Waals surface area contributed by atoms with Crippen LogP contribution in [0.1, 0.15) is 5.56 Å². The predicted molar refractivity (Wildman–Crippen MR) is 94.0 cm³/mol. The third-order valence-corrected chi connectivity index (χ3v) is 5.28. The maximum Gasteiger partial charge on any atom is 0.284 e. The number of halogens is 1. The maximum absolute atomic E-state index is 12.7. The topological polar surface area (TPSA) is 59.0 Å². The van der Waals surface area contributed by atoms with Gasteiger partial charge in [0.2, 0.25) is 0 Å². The van der Waals surface area contributed by atoms with E-state index >= 15 is 0 Å². The first-order valence-corrected chi connectivity index (χ1v) is 9.37. The molecule has 5 nitrogen and oxygen atoms in total. The Labute approximate surface area is 146 Å². The van der Waals surface area contributed by atoms with E-state index in [-0.39, 0.29) is 4.90 Å². The SMILES string of the molecule is O=S(=O)(N=C(c1ccccc1Cl)N1CCOCC1)c1ccccc1. The second kappa shape index (κ2) is 7.34. The summed E-state index contributed by atoms with van der Waals surface area (Å²) in [5, 5.41) is 0.464. The van der Waals surface area contributed by atoms with E-state index in [0.717, 1.165) is 0 Å². The number of nitrogens with zero attached hydrogens (tertiary/aromatic N) is 2. The minimum Gasteiger partial charge on any atom is -0.378 e. The van der Waals surface area contributed by atoms with Crippen LogP contribution in [0, 0.1) is 0 Å². The molecule has 0 amide bonds. The van der Waals surface area contributed by atoms with Crippen LogP contribution in [0.25, 0.3) is 0 Å². The first kappa shape index (κ1) is 17.0.